The van der Waals surface area contributed by atoms with Gasteiger partial charge in [0.1, 0.15) is 11.7 Å². The predicted octanol–water partition coefficient (Wildman–Crippen LogP) is 1.42. The van der Waals surface area contributed by atoms with Crippen molar-refractivity contribution < 1.29 is 19.7 Å². The topological polar surface area (TPSA) is 103 Å². The molecule has 0 radical (unpaired) electrons. The molecule has 0 bridgehead atoms. The number of piperidine rings is 1. The van der Waals surface area contributed by atoms with Crippen molar-refractivity contribution in [2.75, 3.05) is 19.7 Å². The fourth-order valence-corrected chi connectivity index (χ4v) is 2.93. The summed E-state index contributed by atoms with van der Waals surface area (Å²) < 4.78 is 5.35. The van der Waals surface area contributed by atoms with Crippen molar-refractivity contribution in [3.8, 4) is 0 Å². The maximum Gasteiger partial charge on any atom is 0.410 e. The molecule has 1 aromatic heterocycles. The molecular formula is C17H26N2O5. The van der Waals surface area contributed by atoms with Gasteiger partial charge in [0.25, 0.3) is 0 Å². The molecule has 2 heterocycles. The maximum atomic E-state index is 12.1. The third-order valence-electron chi connectivity index (χ3n) is 4.40. The number of hydrogen-bond donors (Lipinski definition) is 3. The summed E-state index contributed by atoms with van der Waals surface area (Å²) in [6.45, 7) is 5.95. The average molecular weight is 338 g/mol. The number of aromatic amines is 1. The van der Waals surface area contributed by atoms with Crippen molar-refractivity contribution in [2.24, 2.45) is 5.41 Å². The zero-order valence-electron chi connectivity index (χ0n) is 14.4. The summed E-state index contributed by atoms with van der Waals surface area (Å²) in [6.07, 6.45) is 0.914. The quantitative estimate of drug-likeness (QED) is 0.773. The monoisotopic (exact) mass is 338 g/mol. The number of H-pyrrole nitrogens is 1. The molecule has 134 valence electrons. The smallest absolute Gasteiger partial charge is 0.410 e. The Morgan fingerprint density at radius 3 is 2.54 bits per heavy atom. The number of likely N-dealkylation sites (tertiary alicyclic amines) is 1. The van der Waals surface area contributed by atoms with Crippen LogP contribution in [-0.4, -0.2) is 51.5 Å². The first-order chi connectivity index (χ1) is 11.2. The van der Waals surface area contributed by atoms with Gasteiger partial charge in [-0.2, -0.15) is 0 Å². The molecular weight excluding hydrogens is 312 g/mol. The zero-order chi connectivity index (χ0) is 18.0. The van der Waals surface area contributed by atoms with Crippen molar-refractivity contribution in [3.63, 3.8) is 0 Å². The van der Waals surface area contributed by atoms with Crippen LogP contribution in [0.25, 0.3) is 0 Å². The molecule has 1 unspecified atom stereocenters. The van der Waals surface area contributed by atoms with Gasteiger partial charge in [0, 0.05) is 42.5 Å². The van der Waals surface area contributed by atoms with Crippen LogP contribution >= 0.6 is 0 Å². The Hall–Kier alpha value is -1.86. The van der Waals surface area contributed by atoms with E-state index in [0.29, 0.717) is 31.6 Å². The number of pyridine rings is 1. The molecule has 7 nitrogen and oxygen atoms in total. The highest BCUT2D eigenvalue weighted by Gasteiger charge is 2.43. The summed E-state index contributed by atoms with van der Waals surface area (Å²) in [7, 11) is 0. The molecule has 1 fully saturated rings. The lowest BCUT2D eigenvalue weighted by Gasteiger charge is -2.43. The number of nitrogens with one attached hydrogen (secondary N) is 1. The Balaban J connectivity index is 2.08. The van der Waals surface area contributed by atoms with Crippen LogP contribution in [0.3, 0.4) is 0 Å². The largest absolute Gasteiger partial charge is 0.444 e. The lowest BCUT2D eigenvalue weighted by Crippen LogP contribution is -2.48. The van der Waals surface area contributed by atoms with E-state index in [1.807, 2.05) is 20.8 Å². The van der Waals surface area contributed by atoms with E-state index in [1.165, 1.54) is 18.3 Å². The number of carbonyl (C=O) groups is 1. The van der Waals surface area contributed by atoms with Gasteiger partial charge in [0.2, 0.25) is 0 Å². The molecule has 1 saturated heterocycles. The Labute approximate surface area is 141 Å². The van der Waals surface area contributed by atoms with Crippen molar-refractivity contribution in [3.05, 3.63) is 34.2 Å². The molecule has 1 aromatic rings. The van der Waals surface area contributed by atoms with Crippen LogP contribution < -0.4 is 5.43 Å². The molecule has 2 rings (SSSR count). The second-order valence-electron chi connectivity index (χ2n) is 7.37. The van der Waals surface area contributed by atoms with Crippen molar-refractivity contribution in [2.45, 2.75) is 45.3 Å². The van der Waals surface area contributed by atoms with Crippen LogP contribution in [-0.2, 0) is 4.74 Å². The molecule has 0 spiro atoms. The fourth-order valence-electron chi connectivity index (χ4n) is 2.93. The fraction of sp³-hybridized carbons (Fsp3) is 0.647. The van der Waals surface area contributed by atoms with Gasteiger partial charge in [0.05, 0.1) is 6.61 Å². The van der Waals surface area contributed by atoms with E-state index in [0.717, 1.165) is 0 Å². The van der Waals surface area contributed by atoms with E-state index >= 15 is 0 Å². The number of amides is 1. The van der Waals surface area contributed by atoms with Crippen LogP contribution in [0.5, 0.6) is 0 Å². The molecule has 1 atom stereocenters. The third-order valence-corrected chi connectivity index (χ3v) is 4.40. The van der Waals surface area contributed by atoms with E-state index in [4.69, 9.17) is 4.74 Å². The van der Waals surface area contributed by atoms with Crippen LogP contribution in [0, 0.1) is 5.41 Å². The SMILES string of the molecule is CC(C)(C)OC(=O)N1CCC(CO)(C(O)c2cc(=O)cc[nH]2)CC1. The number of aromatic nitrogens is 1. The van der Waals surface area contributed by atoms with Crippen LogP contribution in [0.15, 0.2) is 23.1 Å². The molecule has 24 heavy (non-hydrogen) atoms. The molecule has 1 amide bonds. The maximum absolute atomic E-state index is 12.1. The minimum atomic E-state index is -1.00. The lowest BCUT2D eigenvalue weighted by atomic mass is 9.73. The highest BCUT2D eigenvalue weighted by atomic mass is 16.6. The molecule has 0 aromatic carbocycles. The lowest BCUT2D eigenvalue weighted by molar-refractivity contribution is -0.0648. The predicted molar refractivity (Wildman–Crippen MR) is 88.6 cm³/mol. The van der Waals surface area contributed by atoms with Gasteiger partial charge in [-0.3, -0.25) is 4.79 Å². The number of carbonyl (C=O) groups excluding carboxylic acids is 1. The zero-order valence-corrected chi connectivity index (χ0v) is 14.4. The van der Waals surface area contributed by atoms with E-state index < -0.39 is 23.2 Å². The molecule has 1 aliphatic rings. The molecule has 0 saturated carbocycles. The highest BCUT2D eigenvalue weighted by molar-refractivity contribution is 5.68. The first kappa shape index (κ1) is 18.5. The number of hydrogen-bond acceptors (Lipinski definition) is 5. The van der Waals surface area contributed by atoms with Gasteiger partial charge in [-0.05, 0) is 33.6 Å². The first-order valence-electron chi connectivity index (χ1n) is 8.12. The molecule has 7 heteroatoms. The molecule has 3 N–H and O–H groups in total. The Morgan fingerprint density at radius 2 is 2.04 bits per heavy atom. The Morgan fingerprint density at radius 1 is 1.42 bits per heavy atom. The third kappa shape index (κ3) is 4.15. The number of rotatable bonds is 3. The standard InChI is InChI=1S/C17H26N2O5/c1-16(2,3)24-15(23)19-8-5-17(11-20,6-9-19)14(22)13-10-12(21)4-7-18-13/h4,7,10,14,20,22H,5-6,8-9,11H2,1-3H3,(H,18,21). The number of aliphatic hydroxyl groups excluding tert-OH is 2. The van der Waals surface area contributed by atoms with E-state index in [1.54, 1.807) is 4.90 Å². The van der Waals surface area contributed by atoms with Gasteiger partial charge < -0.3 is 24.8 Å². The van der Waals surface area contributed by atoms with Crippen LogP contribution in [0.4, 0.5) is 4.79 Å². The van der Waals surface area contributed by atoms with Gasteiger partial charge in [-0.15, -0.1) is 0 Å². The van der Waals surface area contributed by atoms with E-state index in [2.05, 4.69) is 4.98 Å². The minimum absolute atomic E-state index is 0.206. The summed E-state index contributed by atoms with van der Waals surface area (Å²) in [6, 6.07) is 2.70. The summed E-state index contributed by atoms with van der Waals surface area (Å²) in [5.74, 6) is 0. The summed E-state index contributed by atoms with van der Waals surface area (Å²) in [5, 5.41) is 20.5. The van der Waals surface area contributed by atoms with Crippen LogP contribution in [0.1, 0.15) is 45.4 Å². The van der Waals surface area contributed by atoms with Crippen molar-refractivity contribution >= 4 is 6.09 Å². The number of nitrogens with zero attached hydrogens (tertiary/aromatic N) is 1. The van der Waals surface area contributed by atoms with Crippen molar-refractivity contribution in [1.82, 2.24) is 9.88 Å². The van der Waals surface area contributed by atoms with E-state index in [-0.39, 0.29) is 12.0 Å². The van der Waals surface area contributed by atoms with E-state index in [9.17, 15) is 19.8 Å². The number of ether oxygens (including phenoxy) is 1. The van der Waals surface area contributed by atoms with Crippen molar-refractivity contribution in [1.29, 1.82) is 0 Å². The summed E-state index contributed by atoms with van der Waals surface area (Å²) in [5.41, 5.74) is -1.18. The highest BCUT2D eigenvalue weighted by Crippen LogP contribution is 2.42. The molecule has 1 aliphatic heterocycles. The van der Waals surface area contributed by atoms with Crippen LogP contribution in [0.2, 0.25) is 0 Å². The Kier molecular flexibility index (Phi) is 5.35. The number of aliphatic hydroxyl groups is 2. The second kappa shape index (κ2) is 6.94. The second-order valence-corrected chi connectivity index (χ2v) is 7.37. The van der Waals surface area contributed by atoms with Gasteiger partial charge in [-0.25, -0.2) is 4.79 Å². The van der Waals surface area contributed by atoms with Gasteiger partial charge in [-0.1, -0.05) is 0 Å². The first-order valence-corrected chi connectivity index (χ1v) is 8.12. The summed E-state index contributed by atoms with van der Waals surface area (Å²) in [4.78, 5) is 28.1. The average Bonchev–Trinajstić information content (AvgIpc) is 2.52. The van der Waals surface area contributed by atoms with Gasteiger partial charge in [0.15, 0.2) is 5.43 Å². The molecule has 0 aliphatic carbocycles. The normalized spacial score (nSPS) is 19.0. The van der Waals surface area contributed by atoms with Gasteiger partial charge >= 0.3 is 6.09 Å². The Bertz CT molecular complexity index is 626. The minimum Gasteiger partial charge on any atom is -0.444 e. The summed E-state index contributed by atoms with van der Waals surface area (Å²) >= 11 is 0.